The Morgan fingerprint density at radius 3 is 2.57 bits per heavy atom. The van der Waals surface area contributed by atoms with Crippen LogP contribution >= 0.6 is 11.8 Å². The molecule has 154 valence electrons. The Labute approximate surface area is 172 Å². The summed E-state index contributed by atoms with van der Waals surface area (Å²) in [6, 6.07) is 14.6. The van der Waals surface area contributed by atoms with Crippen molar-refractivity contribution in [2.24, 2.45) is 0 Å². The number of benzene rings is 2. The molecule has 0 unspecified atom stereocenters. The number of nitrogens with zero attached hydrogens (tertiary/aromatic N) is 2. The highest BCUT2D eigenvalue weighted by Crippen LogP contribution is 2.32. The van der Waals surface area contributed by atoms with Crippen LogP contribution in [0.4, 0.5) is 17.6 Å². The van der Waals surface area contributed by atoms with E-state index in [-0.39, 0.29) is 23.1 Å². The molecule has 30 heavy (non-hydrogen) atoms. The highest BCUT2D eigenvalue weighted by molar-refractivity contribution is 7.97. The van der Waals surface area contributed by atoms with Crippen molar-refractivity contribution < 1.29 is 26.5 Å². The Morgan fingerprint density at radius 1 is 0.933 bits per heavy atom. The second kappa shape index (κ2) is 8.35. The van der Waals surface area contributed by atoms with Gasteiger partial charge in [0.2, 0.25) is 5.82 Å². The summed E-state index contributed by atoms with van der Waals surface area (Å²) in [5.74, 6) is 1.77. The summed E-state index contributed by atoms with van der Waals surface area (Å²) in [5, 5.41) is 3.75. The molecule has 9 heteroatoms. The van der Waals surface area contributed by atoms with E-state index in [1.54, 1.807) is 30.3 Å². The van der Waals surface area contributed by atoms with Crippen molar-refractivity contribution in [2.75, 3.05) is 0 Å². The third-order valence-electron chi connectivity index (χ3n) is 4.21. The number of aromatic nitrogens is 2. The number of hydrogen-bond acceptors (Lipinski definition) is 5. The number of furan rings is 1. The highest BCUT2D eigenvalue weighted by atomic mass is 32.2. The standard InChI is InChI=1S/C21H14F4N2O2S/c22-17-7-2-1-4-14(17)11-30-12-16-8-9-18(28-16)20-26-19(27-29-20)13-5-3-6-15(10-13)21(23,24)25/h1-10H,11-12H2. The first-order valence-corrected chi connectivity index (χ1v) is 9.97. The van der Waals surface area contributed by atoms with Crippen LogP contribution < -0.4 is 0 Å². The molecule has 0 aliphatic heterocycles. The first-order valence-electron chi connectivity index (χ1n) is 8.82. The molecule has 0 saturated heterocycles. The monoisotopic (exact) mass is 434 g/mol. The lowest BCUT2D eigenvalue weighted by molar-refractivity contribution is -0.137. The minimum Gasteiger partial charge on any atom is -0.455 e. The van der Waals surface area contributed by atoms with Gasteiger partial charge in [0.15, 0.2) is 5.76 Å². The second-order valence-electron chi connectivity index (χ2n) is 6.35. The Hall–Kier alpha value is -3.07. The summed E-state index contributed by atoms with van der Waals surface area (Å²) >= 11 is 1.48. The minimum absolute atomic E-state index is 0.0305. The van der Waals surface area contributed by atoms with Crippen LogP contribution in [-0.2, 0) is 17.7 Å². The summed E-state index contributed by atoms with van der Waals surface area (Å²) < 4.78 is 63.1. The molecule has 4 rings (SSSR count). The smallest absolute Gasteiger partial charge is 0.416 e. The molecule has 0 aliphatic rings. The molecule has 0 spiro atoms. The average molecular weight is 434 g/mol. The zero-order valence-electron chi connectivity index (χ0n) is 15.3. The quantitative estimate of drug-likeness (QED) is 0.321. The third kappa shape index (κ3) is 4.56. The molecular weight excluding hydrogens is 420 g/mol. The Balaban J connectivity index is 1.43. The van der Waals surface area contributed by atoms with Crippen molar-refractivity contribution >= 4 is 11.8 Å². The first-order chi connectivity index (χ1) is 14.4. The van der Waals surface area contributed by atoms with Crippen molar-refractivity contribution in [3.63, 3.8) is 0 Å². The van der Waals surface area contributed by atoms with Crippen LogP contribution in [0.1, 0.15) is 16.9 Å². The van der Waals surface area contributed by atoms with Gasteiger partial charge in [-0.3, -0.25) is 0 Å². The van der Waals surface area contributed by atoms with E-state index in [0.717, 1.165) is 12.1 Å². The molecule has 2 heterocycles. The molecule has 0 radical (unpaired) electrons. The van der Waals surface area contributed by atoms with Crippen molar-refractivity contribution in [1.29, 1.82) is 0 Å². The second-order valence-corrected chi connectivity index (χ2v) is 7.34. The summed E-state index contributed by atoms with van der Waals surface area (Å²) in [4.78, 5) is 4.13. The summed E-state index contributed by atoms with van der Waals surface area (Å²) in [6.07, 6.45) is -4.46. The van der Waals surface area contributed by atoms with E-state index in [4.69, 9.17) is 8.94 Å². The largest absolute Gasteiger partial charge is 0.455 e. The maximum absolute atomic E-state index is 13.6. The van der Waals surface area contributed by atoms with Crippen LogP contribution in [0.2, 0.25) is 0 Å². The van der Waals surface area contributed by atoms with Gasteiger partial charge < -0.3 is 8.94 Å². The van der Waals surface area contributed by atoms with Crippen molar-refractivity contribution in [2.45, 2.75) is 17.7 Å². The zero-order valence-corrected chi connectivity index (χ0v) is 16.1. The SMILES string of the molecule is Fc1ccccc1CSCc1ccc(-c2nc(-c3cccc(C(F)(F)F)c3)no2)o1. The van der Waals surface area contributed by atoms with Gasteiger partial charge in [0.05, 0.1) is 11.3 Å². The summed E-state index contributed by atoms with van der Waals surface area (Å²) in [6.45, 7) is 0. The van der Waals surface area contributed by atoms with Gasteiger partial charge in [-0.05, 0) is 35.9 Å². The Morgan fingerprint density at radius 2 is 1.77 bits per heavy atom. The van der Waals surface area contributed by atoms with Crippen molar-refractivity contribution in [3.8, 4) is 23.0 Å². The van der Waals surface area contributed by atoms with Gasteiger partial charge in [-0.25, -0.2) is 4.39 Å². The number of hydrogen-bond donors (Lipinski definition) is 0. The first kappa shape index (κ1) is 20.2. The van der Waals surface area contributed by atoms with Crippen LogP contribution in [0.5, 0.6) is 0 Å². The maximum atomic E-state index is 13.6. The van der Waals surface area contributed by atoms with Crippen LogP contribution in [0.15, 0.2) is 69.6 Å². The fourth-order valence-electron chi connectivity index (χ4n) is 2.72. The molecule has 2 aromatic heterocycles. The van der Waals surface area contributed by atoms with Crippen molar-refractivity contribution in [3.05, 3.63) is 83.4 Å². The predicted molar refractivity (Wildman–Crippen MR) is 104 cm³/mol. The van der Waals surface area contributed by atoms with Gasteiger partial charge >= 0.3 is 6.18 Å². The molecule has 0 amide bonds. The van der Waals surface area contributed by atoms with E-state index >= 15 is 0 Å². The normalized spacial score (nSPS) is 11.7. The van der Waals surface area contributed by atoms with Gasteiger partial charge in [0.1, 0.15) is 11.6 Å². The lowest BCUT2D eigenvalue weighted by Gasteiger charge is -2.06. The van der Waals surface area contributed by atoms with Gasteiger partial charge in [0, 0.05) is 11.3 Å². The Kier molecular flexibility index (Phi) is 5.63. The van der Waals surface area contributed by atoms with Gasteiger partial charge in [-0.1, -0.05) is 35.5 Å². The zero-order chi connectivity index (χ0) is 21.1. The van der Waals surface area contributed by atoms with E-state index in [1.807, 2.05) is 0 Å². The van der Waals surface area contributed by atoms with Crippen LogP contribution in [0.25, 0.3) is 23.0 Å². The van der Waals surface area contributed by atoms with E-state index < -0.39 is 11.7 Å². The third-order valence-corrected chi connectivity index (χ3v) is 5.21. The highest BCUT2D eigenvalue weighted by Gasteiger charge is 2.30. The van der Waals surface area contributed by atoms with E-state index in [9.17, 15) is 17.6 Å². The average Bonchev–Trinajstić information content (AvgIpc) is 3.38. The van der Waals surface area contributed by atoms with Gasteiger partial charge in [-0.15, -0.1) is 11.8 Å². The van der Waals surface area contributed by atoms with Crippen molar-refractivity contribution in [1.82, 2.24) is 10.1 Å². The maximum Gasteiger partial charge on any atom is 0.416 e. The van der Waals surface area contributed by atoms with E-state index in [0.29, 0.717) is 28.6 Å². The number of halogens is 4. The fourth-order valence-corrected chi connectivity index (χ4v) is 3.64. The summed E-state index contributed by atoms with van der Waals surface area (Å²) in [7, 11) is 0. The molecule has 0 atom stereocenters. The number of thioether (sulfide) groups is 1. The molecule has 0 N–H and O–H groups in total. The van der Waals surface area contributed by atoms with Crippen LogP contribution in [0, 0.1) is 5.82 Å². The Bertz CT molecular complexity index is 1150. The molecule has 0 saturated carbocycles. The lowest BCUT2D eigenvalue weighted by atomic mass is 10.1. The lowest BCUT2D eigenvalue weighted by Crippen LogP contribution is -2.04. The molecule has 0 bridgehead atoms. The van der Waals surface area contributed by atoms with Crippen LogP contribution in [-0.4, -0.2) is 10.1 Å². The van der Waals surface area contributed by atoms with E-state index in [2.05, 4.69) is 10.1 Å². The molecule has 4 nitrogen and oxygen atoms in total. The topological polar surface area (TPSA) is 52.1 Å². The van der Waals surface area contributed by atoms with Crippen LogP contribution in [0.3, 0.4) is 0 Å². The fraction of sp³-hybridized carbons (Fsp3) is 0.143. The predicted octanol–water partition coefficient (Wildman–Crippen LogP) is 6.59. The minimum atomic E-state index is -4.46. The molecule has 2 aromatic carbocycles. The number of rotatable bonds is 6. The summed E-state index contributed by atoms with van der Waals surface area (Å²) in [5.41, 5.74) is 0.00229. The van der Waals surface area contributed by atoms with Gasteiger partial charge in [-0.2, -0.15) is 18.2 Å². The van der Waals surface area contributed by atoms with Gasteiger partial charge in [0.25, 0.3) is 5.89 Å². The molecule has 4 aromatic rings. The number of alkyl halides is 3. The molecule has 0 aliphatic carbocycles. The molecular formula is C21H14F4N2O2S. The van der Waals surface area contributed by atoms with E-state index in [1.165, 1.54) is 30.0 Å². The molecule has 0 fully saturated rings.